The maximum Gasteiger partial charge on any atom is 0.195 e. The van der Waals surface area contributed by atoms with Crippen molar-refractivity contribution in [2.75, 3.05) is 6.61 Å². The van der Waals surface area contributed by atoms with E-state index in [9.17, 15) is 4.79 Å². The Morgan fingerprint density at radius 1 is 1.36 bits per heavy atom. The number of halogens is 2. The van der Waals surface area contributed by atoms with Gasteiger partial charge in [0.25, 0.3) is 0 Å². The largest absolute Gasteiger partial charge is 0.486 e. The molecule has 14 heavy (non-hydrogen) atoms. The molecular formula is C10H6Cl2O2. The first-order chi connectivity index (χ1) is 6.59. The molecule has 2 nitrogen and oxygen atoms in total. The van der Waals surface area contributed by atoms with Crippen LogP contribution in [0, 0.1) is 0 Å². The number of benzene rings is 1. The molecule has 1 heterocycles. The van der Waals surface area contributed by atoms with E-state index in [1.807, 2.05) is 0 Å². The Labute approximate surface area is 91.1 Å². The molecule has 0 N–H and O–H groups in total. The van der Waals surface area contributed by atoms with E-state index in [1.54, 1.807) is 6.07 Å². The van der Waals surface area contributed by atoms with Crippen molar-refractivity contribution in [2.45, 2.75) is 0 Å². The van der Waals surface area contributed by atoms with Crippen molar-refractivity contribution in [1.29, 1.82) is 0 Å². The summed E-state index contributed by atoms with van der Waals surface area (Å²) < 4.78 is 5.28. The Morgan fingerprint density at radius 2 is 2.07 bits per heavy atom. The highest BCUT2D eigenvalue weighted by Crippen LogP contribution is 2.36. The predicted octanol–water partition coefficient (Wildman–Crippen LogP) is 3.12. The Balaban J connectivity index is 2.65. The van der Waals surface area contributed by atoms with E-state index in [2.05, 4.69) is 6.58 Å². The number of carbonyl (C=O) groups excluding carboxylic acids is 1. The molecule has 72 valence electrons. The quantitative estimate of drug-likeness (QED) is 0.639. The first kappa shape index (κ1) is 9.56. The number of hydrogen-bond donors (Lipinski definition) is 0. The second-order valence-corrected chi connectivity index (χ2v) is 3.83. The average molecular weight is 229 g/mol. The molecular weight excluding hydrogens is 223 g/mol. The highest BCUT2D eigenvalue weighted by molar-refractivity contribution is 6.36. The van der Waals surface area contributed by atoms with E-state index in [-0.39, 0.29) is 12.4 Å². The summed E-state index contributed by atoms with van der Waals surface area (Å²) in [6.07, 6.45) is 0. The normalized spacial score (nSPS) is 15.0. The van der Waals surface area contributed by atoms with Crippen LogP contribution >= 0.6 is 23.2 Å². The van der Waals surface area contributed by atoms with E-state index in [4.69, 9.17) is 27.9 Å². The summed E-state index contributed by atoms with van der Waals surface area (Å²) in [5.74, 6) is 0.240. The molecule has 0 radical (unpaired) electrons. The number of fused-ring (bicyclic) bond motifs is 1. The lowest BCUT2D eigenvalue weighted by molar-refractivity contribution is 0.1000. The second kappa shape index (κ2) is 3.30. The number of Topliss-reactive ketones (excluding diaryl/α,β-unsaturated/α-hetero) is 1. The molecule has 1 aromatic rings. The van der Waals surface area contributed by atoms with Gasteiger partial charge in [-0.3, -0.25) is 4.79 Å². The van der Waals surface area contributed by atoms with E-state index < -0.39 is 0 Å². The summed E-state index contributed by atoms with van der Waals surface area (Å²) in [6.45, 7) is 3.78. The number of hydrogen-bond acceptors (Lipinski definition) is 2. The number of rotatable bonds is 0. The monoisotopic (exact) mass is 228 g/mol. The molecule has 2 rings (SSSR count). The fraction of sp³-hybridized carbons (Fsp3) is 0.100. The third kappa shape index (κ3) is 1.41. The van der Waals surface area contributed by atoms with Crippen molar-refractivity contribution >= 4 is 29.0 Å². The van der Waals surface area contributed by atoms with E-state index in [1.165, 1.54) is 6.07 Å². The van der Waals surface area contributed by atoms with Crippen LogP contribution in [0.5, 0.6) is 5.75 Å². The highest BCUT2D eigenvalue weighted by Gasteiger charge is 2.24. The molecule has 1 aromatic carbocycles. The van der Waals surface area contributed by atoms with Gasteiger partial charge in [-0.25, -0.2) is 0 Å². The molecule has 0 bridgehead atoms. The third-order valence-corrected chi connectivity index (χ3v) is 2.46. The summed E-state index contributed by atoms with van der Waals surface area (Å²) >= 11 is 11.6. The van der Waals surface area contributed by atoms with Crippen LogP contribution in [-0.4, -0.2) is 12.4 Å². The van der Waals surface area contributed by atoms with Crippen molar-refractivity contribution < 1.29 is 9.53 Å². The van der Waals surface area contributed by atoms with Crippen molar-refractivity contribution in [3.05, 3.63) is 39.9 Å². The maximum atomic E-state index is 11.6. The number of ether oxygens (including phenoxy) is 1. The molecule has 0 atom stereocenters. The molecule has 0 fully saturated rings. The van der Waals surface area contributed by atoms with Gasteiger partial charge in [0, 0.05) is 10.6 Å². The summed E-state index contributed by atoms with van der Waals surface area (Å²) in [6, 6.07) is 3.08. The van der Waals surface area contributed by atoms with E-state index in [0.717, 1.165) is 0 Å². The minimum atomic E-state index is -0.157. The molecule has 0 spiro atoms. The van der Waals surface area contributed by atoms with Gasteiger partial charge in [-0.15, -0.1) is 0 Å². The average Bonchev–Trinajstić information content (AvgIpc) is 2.12. The lowest BCUT2D eigenvalue weighted by atomic mass is 10.0. The van der Waals surface area contributed by atoms with Crippen LogP contribution in [0.15, 0.2) is 24.3 Å². The zero-order chi connectivity index (χ0) is 10.3. The van der Waals surface area contributed by atoms with Crippen LogP contribution in [0.3, 0.4) is 0 Å². The molecule has 0 aliphatic carbocycles. The molecule has 4 heteroatoms. The Morgan fingerprint density at radius 3 is 2.79 bits per heavy atom. The van der Waals surface area contributed by atoms with Crippen molar-refractivity contribution in [1.82, 2.24) is 0 Å². The van der Waals surface area contributed by atoms with Gasteiger partial charge in [0.15, 0.2) is 5.78 Å². The molecule has 1 aliphatic rings. The predicted molar refractivity (Wildman–Crippen MR) is 55.4 cm³/mol. The van der Waals surface area contributed by atoms with Crippen LogP contribution in [-0.2, 0) is 0 Å². The van der Waals surface area contributed by atoms with Crippen molar-refractivity contribution in [3.63, 3.8) is 0 Å². The van der Waals surface area contributed by atoms with Gasteiger partial charge in [-0.05, 0) is 12.1 Å². The summed E-state index contributed by atoms with van der Waals surface area (Å²) in [4.78, 5) is 11.6. The number of ketones is 1. The molecule has 1 aliphatic heterocycles. The van der Waals surface area contributed by atoms with Crippen molar-refractivity contribution in [3.8, 4) is 5.75 Å². The first-order valence-electron chi connectivity index (χ1n) is 3.94. The Bertz CT molecular complexity index is 438. The Kier molecular flexibility index (Phi) is 2.25. The van der Waals surface area contributed by atoms with Gasteiger partial charge in [0.1, 0.15) is 12.4 Å². The summed E-state index contributed by atoms with van der Waals surface area (Å²) in [5.41, 5.74) is 0.801. The SMILES string of the molecule is C=C1COc2c(Cl)cc(Cl)cc2C1=O. The number of carbonyl (C=O) groups is 1. The Hall–Kier alpha value is -0.990. The molecule has 0 amide bonds. The van der Waals surface area contributed by atoms with Gasteiger partial charge in [-0.1, -0.05) is 29.8 Å². The van der Waals surface area contributed by atoms with Crippen LogP contribution in [0.1, 0.15) is 10.4 Å². The minimum Gasteiger partial charge on any atom is -0.486 e. The van der Waals surface area contributed by atoms with Crippen molar-refractivity contribution in [2.24, 2.45) is 0 Å². The molecule has 0 aromatic heterocycles. The summed E-state index contributed by atoms with van der Waals surface area (Å²) in [5, 5.41) is 0.772. The zero-order valence-corrected chi connectivity index (χ0v) is 8.65. The molecule has 0 saturated heterocycles. The highest BCUT2D eigenvalue weighted by atomic mass is 35.5. The maximum absolute atomic E-state index is 11.6. The fourth-order valence-corrected chi connectivity index (χ4v) is 1.84. The van der Waals surface area contributed by atoms with Gasteiger partial charge in [0.2, 0.25) is 0 Å². The smallest absolute Gasteiger partial charge is 0.195 e. The second-order valence-electron chi connectivity index (χ2n) is 2.99. The van der Waals surface area contributed by atoms with Crippen LogP contribution in [0.2, 0.25) is 10.0 Å². The van der Waals surface area contributed by atoms with Gasteiger partial charge >= 0.3 is 0 Å². The molecule has 0 unspecified atom stereocenters. The standard InChI is InChI=1S/C10H6Cl2O2/c1-5-4-14-10-7(9(5)13)2-6(11)3-8(10)12/h2-3H,1,4H2. The van der Waals surface area contributed by atoms with Crippen LogP contribution in [0.25, 0.3) is 0 Å². The molecule has 0 saturated carbocycles. The third-order valence-electron chi connectivity index (χ3n) is 1.96. The van der Waals surface area contributed by atoms with Gasteiger partial charge in [-0.2, -0.15) is 0 Å². The topological polar surface area (TPSA) is 26.3 Å². The zero-order valence-electron chi connectivity index (χ0n) is 7.14. The van der Waals surface area contributed by atoms with Crippen LogP contribution < -0.4 is 4.74 Å². The minimum absolute atomic E-state index is 0.157. The lowest BCUT2D eigenvalue weighted by Gasteiger charge is -2.19. The van der Waals surface area contributed by atoms with Gasteiger partial charge < -0.3 is 4.74 Å². The van der Waals surface area contributed by atoms with E-state index in [0.29, 0.717) is 26.9 Å². The van der Waals surface area contributed by atoms with E-state index >= 15 is 0 Å². The summed E-state index contributed by atoms with van der Waals surface area (Å²) in [7, 11) is 0. The van der Waals surface area contributed by atoms with Crippen LogP contribution in [0.4, 0.5) is 0 Å². The van der Waals surface area contributed by atoms with Gasteiger partial charge in [0.05, 0.1) is 10.6 Å². The lowest BCUT2D eigenvalue weighted by Crippen LogP contribution is -2.18. The first-order valence-corrected chi connectivity index (χ1v) is 4.69. The fourth-order valence-electron chi connectivity index (χ4n) is 1.29.